The fraction of sp³-hybridized carbons (Fsp3) is 0.467. The Morgan fingerprint density at radius 1 is 1.24 bits per heavy atom. The van der Waals surface area contributed by atoms with Crippen molar-refractivity contribution in [3.8, 4) is 0 Å². The summed E-state index contributed by atoms with van der Waals surface area (Å²) in [5.74, 6) is 0.784. The lowest BCUT2D eigenvalue weighted by Crippen LogP contribution is -1.85. The highest BCUT2D eigenvalue weighted by atomic mass is 79.9. The van der Waals surface area contributed by atoms with Crippen LogP contribution in [-0.4, -0.2) is 5.88 Å². The molecule has 17 heavy (non-hydrogen) atoms. The van der Waals surface area contributed by atoms with E-state index in [1.807, 2.05) is 0 Å². The monoisotopic (exact) mass is 314 g/mol. The molecule has 0 saturated carbocycles. The number of halogens is 2. The normalized spacial score (nSPS) is 11.8. The minimum atomic E-state index is 0.784. The smallest absolute Gasteiger partial charge is 0.0223 e. The lowest BCUT2D eigenvalue weighted by Gasteiger charge is -2.01. The van der Waals surface area contributed by atoms with Crippen LogP contribution in [0.1, 0.15) is 38.2 Å². The number of benzene rings is 1. The molecular formula is C15H20BrCl. The molecule has 0 spiro atoms. The summed E-state index contributed by atoms with van der Waals surface area (Å²) < 4.78 is 1.15. The lowest BCUT2D eigenvalue weighted by molar-refractivity contribution is 0.786. The molecule has 0 atom stereocenters. The first-order chi connectivity index (χ1) is 8.22. The van der Waals surface area contributed by atoms with Gasteiger partial charge in [-0.1, -0.05) is 39.7 Å². The molecule has 0 radical (unpaired) electrons. The highest BCUT2D eigenvalue weighted by molar-refractivity contribution is 9.10. The van der Waals surface area contributed by atoms with Crippen molar-refractivity contribution in [1.82, 2.24) is 0 Å². The van der Waals surface area contributed by atoms with Crippen LogP contribution in [0.3, 0.4) is 0 Å². The molecule has 94 valence electrons. The highest BCUT2D eigenvalue weighted by Gasteiger charge is 1.94. The lowest BCUT2D eigenvalue weighted by atomic mass is 10.1. The van der Waals surface area contributed by atoms with Crippen LogP contribution in [-0.2, 0) is 6.42 Å². The predicted octanol–water partition coefficient (Wildman–Crippen LogP) is 5.74. The van der Waals surface area contributed by atoms with E-state index in [-0.39, 0.29) is 0 Å². The Bertz CT molecular complexity index is 340. The van der Waals surface area contributed by atoms with E-state index in [9.17, 15) is 0 Å². The summed E-state index contributed by atoms with van der Waals surface area (Å²) in [6.07, 6.45) is 8.14. The molecule has 0 unspecified atom stereocenters. The zero-order valence-corrected chi connectivity index (χ0v) is 12.7. The van der Waals surface area contributed by atoms with E-state index in [2.05, 4.69) is 53.2 Å². The molecule has 0 aromatic heterocycles. The van der Waals surface area contributed by atoms with Crippen molar-refractivity contribution in [3.63, 3.8) is 0 Å². The summed E-state index contributed by atoms with van der Waals surface area (Å²) in [6.45, 7) is 2.22. The van der Waals surface area contributed by atoms with Crippen molar-refractivity contribution in [2.24, 2.45) is 0 Å². The summed E-state index contributed by atoms with van der Waals surface area (Å²) in [7, 11) is 0. The highest BCUT2D eigenvalue weighted by Crippen LogP contribution is 2.13. The first-order valence-corrected chi connectivity index (χ1v) is 7.51. The van der Waals surface area contributed by atoms with Crippen molar-refractivity contribution in [3.05, 3.63) is 46.0 Å². The quantitative estimate of drug-likeness (QED) is 0.342. The molecule has 0 aliphatic carbocycles. The third kappa shape index (κ3) is 6.90. The van der Waals surface area contributed by atoms with Gasteiger partial charge in [0.2, 0.25) is 0 Å². The molecular weight excluding hydrogens is 296 g/mol. The maximum atomic E-state index is 5.66. The van der Waals surface area contributed by atoms with Crippen LogP contribution in [0.2, 0.25) is 0 Å². The molecule has 0 amide bonds. The number of alkyl halides is 1. The SMILES string of the molecule is C/C(=C\CCc1ccc(Br)cc1)CCCCCl. The number of allylic oxidation sites excluding steroid dienone is 2. The molecule has 0 aliphatic heterocycles. The van der Waals surface area contributed by atoms with Gasteiger partial charge in [0.15, 0.2) is 0 Å². The Balaban J connectivity index is 2.26. The van der Waals surface area contributed by atoms with Crippen LogP contribution in [0.15, 0.2) is 40.4 Å². The van der Waals surface area contributed by atoms with Crippen LogP contribution in [0, 0.1) is 0 Å². The first-order valence-electron chi connectivity index (χ1n) is 6.18. The van der Waals surface area contributed by atoms with E-state index < -0.39 is 0 Å². The zero-order chi connectivity index (χ0) is 12.5. The van der Waals surface area contributed by atoms with Gasteiger partial charge >= 0.3 is 0 Å². The molecule has 1 aromatic carbocycles. The van der Waals surface area contributed by atoms with E-state index in [0.717, 1.165) is 29.6 Å². The fourth-order valence-electron chi connectivity index (χ4n) is 1.74. The third-order valence-corrected chi connectivity index (χ3v) is 3.59. The van der Waals surface area contributed by atoms with Crippen LogP contribution < -0.4 is 0 Å². The molecule has 0 bridgehead atoms. The van der Waals surface area contributed by atoms with Crippen LogP contribution >= 0.6 is 27.5 Å². The molecule has 0 N–H and O–H groups in total. The number of aryl methyl sites for hydroxylation is 1. The number of unbranched alkanes of at least 4 members (excludes halogenated alkanes) is 1. The molecule has 0 heterocycles. The van der Waals surface area contributed by atoms with Gasteiger partial charge in [-0.05, 0) is 56.7 Å². The van der Waals surface area contributed by atoms with Gasteiger partial charge in [0.25, 0.3) is 0 Å². The Kier molecular flexibility index (Phi) is 7.63. The maximum absolute atomic E-state index is 5.66. The standard InChI is InChI=1S/C15H20BrCl/c1-13(5-2-3-12-17)6-4-7-14-8-10-15(16)11-9-14/h6,8-11H,2-5,7,12H2,1H3/b13-6+. The van der Waals surface area contributed by atoms with Crippen LogP contribution in [0.5, 0.6) is 0 Å². The summed E-state index contributed by atoms with van der Waals surface area (Å²) in [5.41, 5.74) is 2.89. The van der Waals surface area contributed by atoms with E-state index >= 15 is 0 Å². The third-order valence-electron chi connectivity index (χ3n) is 2.79. The molecule has 0 nitrogen and oxygen atoms in total. The fourth-order valence-corrected chi connectivity index (χ4v) is 2.19. The van der Waals surface area contributed by atoms with E-state index in [4.69, 9.17) is 11.6 Å². The zero-order valence-electron chi connectivity index (χ0n) is 10.4. The van der Waals surface area contributed by atoms with Crippen molar-refractivity contribution < 1.29 is 0 Å². The van der Waals surface area contributed by atoms with Gasteiger partial charge < -0.3 is 0 Å². The molecule has 0 fully saturated rings. The summed E-state index contributed by atoms with van der Waals surface area (Å²) in [5, 5.41) is 0. The Hall–Kier alpha value is -0.270. The second kappa shape index (κ2) is 8.77. The van der Waals surface area contributed by atoms with Crippen LogP contribution in [0.4, 0.5) is 0 Å². The molecule has 1 aromatic rings. The van der Waals surface area contributed by atoms with Gasteiger partial charge in [-0.15, -0.1) is 11.6 Å². The van der Waals surface area contributed by atoms with Gasteiger partial charge in [-0.2, -0.15) is 0 Å². The van der Waals surface area contributed by atoms with Crippen LogP contribution in [0.25, 0.3) is 0 Å². The largest absolute Gasteiger partial charge is 0.127 e. The van der Waals surface area contributed by atoms with Gasteiger partial charge in [0.1, 0.15) is 0 Å². The minimum Gasteiger partial charge on any atom is -0.127 e. The maximum Gasteiger partial charge on any atom is 0.0223 e. The van der Waals surface area contributed by atoms with E-state index in [1.54, 1.807) is 0 Å². The molecule has 2 heteroatoms. The molecule has 1 rings (SSSR count). The first kappa shape index (κ1) is 14.8. The minimum absolute atomic E-state index is 0.784. The number of hydrogen-bond donors (Lipinski definition) is 0. The second-order valence-corrected chi connectivity index (χ2v) is 5.66. The van der Waals surface area contributed by atoms with Crippen molar-refractivity contribution >= 4 is 27.5 Å². The average molecular weight is 316 g/mol. The topological polar surface area (TPSA) is 0 Å². The Morgan fingerprint density at radius 3 is 2.59 bits per heavy atom. The Labute approximate surface area is 118 Å². The van der Waals surface area contributed by atoms with Gasteiger partial charge in [-0.3, -0.25) is 0 Å². The number of hydrogen-bond acceptors (Lipinski definition) is 0. The summed E-state index contributed by atoms with van der Waals surface area (Å²) in [4.78, 5) is 0. The second-order valence-electron chi connectivity index (χ2n) is 4.36. The summed E-state index contributed by atoms with van der Waals surface area (Å²) in [6, 6.07) is 8.57. The predicted molar refractivity (Wildman–Crippen MR) is 80.8 cm³/mol. The van der Waals surface area contributed by atoms with Crippen molar-refractivity contribution in [1.29, 1.82) is 0 Å². The summed E-state index contributed by atoms with van der Waals surface area (Å²) >= 11 is 9.11. The van der Waals surface area contributed by atoms with Gasteiger partial charge in [-0.25, -0.2) is 0 Å². The Morgan fingerprint density at radius 2 is 1.94 bits per heavy atom. The number of rotatable bonds is 7. The molecule has 0 saturated heterocycles. The van der Waals surface area contributed by atoms with E-state index in [1.165, 1.54) is 24.0 Å². The molecule has 0 aliphatic rings. The van der Waals surface area contributed by atoms with E-state index in [0.29, 0.717) is 0 Å². The van der Waals surface area contributed by atoms with Gasteiger partial charge in [0, 0.05) is 10.4 Å². The average Bonchev–Trinajstić information content (AvgIpc) is 2.32. The van der Waals surface area contributed by atoms with Crippen molar-refractivity contribution in [2.45, 2.75) is 39.0 Å². The van der Waals surface area contributed by atoms with Gasteiger partial charge in [0.05, 0.1) is 0 Å². The van der Waals surface area contributed by atoms with Crippen molar-refractivity contribution in [2.75, 3.05) is 5.88 Å².